The van der Waals surface area contributed by atoms with Crippen LogP contribution in [0.15, 0.2) is 42.0 Å². The highest BCUT2D eigenvalue weighted by atomic mass is 16.8. The summed E-state index contributed by atoms with van der Waals surface area (Å²) >= 11 is 0. The van der Waals surface area contributed by atoms with E-state index in [0.717, 1.165) is 5.56 Å². The maximum Gasteiger partial charge on any atom is 0.320 e. The maximum absolute atomic E-state index is 9.72. The number of ether oxygens (including phenoxy) is 2. The van der Waals surface area contributed by atoms with Crippen molar-refractivity contribution in [3.8, 4) is 0 Å². The molecule has 0 saturated heterocycles. The van der Waals surface area contributed by atoms with E-state index in [-0.39, 0.29) is 11.4 Å². The average molecular weight is 234 g/mol. The zero-order valence-corrected chi connectivity index (χ0v) is 10.4. The summed E-state index contributed by atoms with van der Waals surface area (Å²) < 4.78 is 11.0. The fraction of sp³-hybridized carbons (Fsp3) is 0.429. The molecule has 0 unspecified atom stereocenters. The van der Waals surface area contributed by atoms with Crippen molar-refractivity contribution in [2.24, 2.45) is 5.41 Å². The molecule has 3 nitrogen and oxygen atoms in total. The lowest BCUT2D eigenvalue weighted by Gasteiger charge is -2.25. The fourth-order valence-corrected chi connectivity index (χ4v) is 1.62. The van der Waals surface area contributed by atoms with Gasteiger partial charge < -0.3 is 14.6 Å². The van der Waals surface area contributed by atoms with Crippen LogP contribution in [0.3, 0.4) is 0 Å². The van der Waals surface area contributed by atoms with Gasteiger partial charge in [-0.15, -0.1) is 0 Å². The Morgan fingerprint density at radius 3 is 2.29 bits per heavy atom. The third kappa shape index (κ3) is 2.73. The van der Waals surface area contributed by atoms with Crippen LogP contribution < -0.4 is 0 Å². The van der Waals surface area contributed by atoms with Gasteiger partial charge in [0.2, 0.25) is 6.29 Å². The van der Waals surface area contributed by atoms with Crippen LogP contribution in [-0.4, -0.2) is 11.4 Å². The van der Waals surface area contributed by atoms with Crippen molar-refractivity contribution in [1.82, 2.24) is 0 Å². The summed E-state index contributed by atoms with van der Waals surface area (Å²) in [4.78, 5) is 0. The molecule has 1 aliphatic heterocycles. The summed E-state index contributed by atoms with van der Waals surface area (Å²) in [7, 11) is 0. The molecule has 0 bridgehead atoms. The van der Waals surface area contributed by atoms with E-state index >= 15 is 0 Å². The van der Waals surface area contributed by atoms with Gasteiger partial charge in [0.15, 0.2) is 5.76 Å². The summed E-state index contributed by atoms with van der Waals surface area (Å²) in [6, 6.07) is 9.87. The zero-order valence-electron chi connectivity index (χ0n) is 10.4. The Morgan fingerprint density at radius 2 is 1.76 bits per heavy atom. The summed E-state index contributed by atoms with van der Waals surface area (Å²) in [6.07, 6.45) is 0.139. The number of hydrogen-bond donors (Lipinski definition) is 1. The first-order valence-electron chi connectivity index (χ1n) is 5.76. The van der Waals surface area contributed by atoms with Gasteiger partial charge in [-0.05, 0) is 5.56 Å². The maximum atomic E-state index is 9.72. The minimum atomic E-state index is -0.416. The third-order valence-electron chi connectivity index (χ3n) is 2.62. The van der Waals surface area contributed by atoms with E-state index in [9.17, 15) is 5.11 Å². The number of aliphatic hydroxyl groups is 1. The number of hydrogen-bond acceptors (Lipinski definition) is 3. The van der Waals surface area contributed by atoms with Crippen molar-refractivity contribution in [2.75, 3.05) is 0 Å². The monoisotopic (exact) mass is 234 g/mol. The molecular formula is C14H18O3. The first-order chi connectivity index (χ1) is 7.97. The molecule has 3 heteroatoms. The Kier molecular flexibility index (Phi) is 3.01. The van der Waals surface area contributed by atoms with Crippen molar-refractivity contribution in [3.63, 3.8) is 0 Å². The van der Waals surface area contributed by atoms with Gasteiger partial charge in [-0.1, -0.05) is 51.1 Å². The normalized spacial score (nSPS) is 20.1. The molecule has 0 radical (unpaired) electrons. The molecule has 0 aliphatic carbocycles. The van der Waals surface area contributed by atoms with E-state index in [1.807, 2.05) is 51.1 Å². The predicted octanol–water partition coefficient (Wildman–Crippen LogP) is 3.38. The van der Waals surface area contributed by atoms with Crippen LogP contribution in [-0.2, 0) is 15.9 Å². The minimum absolute atomic E-state index is 0.0891. The Labute approximate surface area is 102 Å². The smallest absolute Gasteiger partial charge is 0.320 e. The summed E-state index contributed by atoms with van der Waals surface area (Å²) in [5, 5.41) is 9.72. The van der Waals surface area contributed by atoms with E-state index < -0.39 is 6.29 Å². The van der Waals surface area contributed by atoms with Crippen molar-refractivity contribution >= 4 is 0 Å². The molecule has 1 atom stereocenters. The van der Waals surface area contributed by atoms with Gasteiger partial charge in [-0.2, -0.15) is 0 Å². The standard InChI is InChI=1S/C14H18O3/c1-14(2,3)13-16-11(12(15)17-13)9-10-7-5-4-6-8-10/h4-8,13,15H,9H2,1-3H3/t13-/m0/s1. The lowest BCUT2D eigenvalue weighted by atomic mass is 9.96. The number of allylic oxidation sites excluding steroid dienone is 1. The van der Waals surface area contributed by atoms with Crippen LogP contribution in [0.4, 0.5) is 0 Å². The lowest BCUT2D eigenvalue weighted by Crippen LogP contribution is -2.27. The molecule has 0 aromatic heterocycles. The minimum Gasteiger partial charge on any atom is -0.478 e. The molecule has 0 amide bonds. The van der Waals surface area contributed by atoms with Crippen molar-refractivity contribution in [1.29, 1.82) is 0 Å². The Hall–Kier alpha value is -1.64. The molecule has 17 heavy (non-hydrogen) atoms. The second-order valence-corrected chi connectivity index (χ2v) is 5.32. The van der Waals surface area contributed by atoms with Gasteiger partial charge in [-0.3, -0.25) is 0 Å². The highest BCUT2D eigenvalue weighted by Crippen LogP contribution is 2.33. The summed E-state index contributed by atoms with van der Waals surface area (Å²) in [5.41, 5.74) is 0.930. The molecule has 0 fully saturated rings. The fourth-order valence-electron chi connectivity index (χ4n) is 1.62. The van der Waals surface area contributed by atoms with E-state index in [0.29, 0.717) is 12.2 Å². The largest absolute Gasteiger partial charge is 0.478 e. The van der Waals surface area contributed by atoms with E-state index in [4.69, 9.17) is 9.47 Å². The van der Waals surface area contributed by atoms with E-state index in [1.54, 1.807) is 0 Å². The van der Waals surface area contributed by atoms with Gasteiger partial charge in [0.1, 0.15) is 0 Å². The second kappa shape index (κ2) is 4.32. The molecule has 1 aliphatic rings. The number of benzene rings is 1. The highest BCUT2D eigenvalue weighted by molar-refractivity contribution is 5.20. The van der Waals surface area contributed by atoms with Crippen LogP contribution in [0.5, 0.6) is 0 Å². The Bertz CT molecular complexity index is 415. The van der Waals surface area contributed by atoms with Crippen molar-refractivity contribution in [2.45, 2.75) is 33.5 Å². The first kappa shape index (κ1) is 11.8. The van der Waals surface area contributed by atoms with Gasteiger partial charge in [-0.25, -0.2) is 0 Å². The quantitative estimate of drug-likeness (QED) is 0.852. The molecule has 0 saturated carbocycles. The molecule has 2 rings (SSSR count). The van der Waals surface area contributed by atoms with Crippen LogP contribution >= 0.6 is 0 Å². The Morgan fingerprint density at radius 1 is 1.12 bits per heavy atom. The average Bonchev–Trinajstić information content (AvgIpc) is 2.62. The lowest BCUT2D eigenvalue weighted by molar-refractivity contribution is -0.126. The molecule has 1 heterocycles. The van der Waals surface area contributed by atoms with Crippen LogP contribution in [0.1, 0.15) is 26.3 Å². The van der Waals surface area contributed by atoms with Gasteiger partial charge in [0, 0.05) is 11.8 Å². The van der Waals surface area contributed by atoms with Crippen LogP contribution in [0.2, 0.25) is 0 Å². The SMILES string of the molecule is CC(C)(C)[C@@H]1OC(O)=C(Cc2ccccc2)O1. The topological polar surface area (TPSA) is 38.7 Å². The Balaban J connectivity index is 2.06. The molecule has 1 aromatic carbocycles. The van der Waals surface area contributed by atoms with Gasteiger partial charge in [0.05, 0.1) is 0 Å². The van der Waals surface area contributed by atoms with Crippen LogP contribution in [0, 0.1) is 5.41 Å². The van der Waals surface area contributed by atoms with Crippen LogP contribution in [0.25, 0.3) is 0 Å². The van der Waals surface area contributed by atoms with Crippen molar-refractivity contribution in [3.05, 3.63) is 47.6 Å². The number of rotatable bonds is 2. The molecular weight excluding hydrogens is 216 g/mol. The zero-order chi connectivity index (χ0) is 12.5. The first-order valence-corrected chi connectivity index (χ1v) is 5.76. The molecule has 1 N–H and O–H groups in total. The summed E-state index contributed by atoms with van der Waals surface area (Å²) in [6.45, 7) is 6.03. The van der Waals surface area contributed by atoms with Gasteiger partial charge >= 0.3 is 5.95 Å². The number of aliphatic hydroxyl groups excluding tert-OH is 1. The summed E-state index contributed by atoms with van der Waals surface area (Å²) in [5.74, 6) is 0.421. The molecule has 92 valence electrons. The molecule has 1 aromatic rings. The van der Waals surface area contributed by atoms with Gasteiger partial charge in [0.25, 0.3) is 0 Å². The van der Waals surface area contributed by atoms with E-state index in [1.165, 1.54) is 0 Å². The van der Waals surface area contributed by atoms with E-state index in [2.05, 4.69) is 0 Å². The highest BCUT2D eigenvalue weighted by Gasteiger charge is 2.36. The molecule has 0 spiro atoms. The third-order valence-corrected chi connectivity index (χ3v) is 2.62. The predicted molar refractivity (Wildman–Crippen MR) is 65.2 cm³/mol. The van der Waals surface area contributed by atoms with Crippen molar-refractivity contribution < 1.29 is 14.6 Å². The second-order valence-electron chi connectivity index (χ2n) is 5.32.